The van der Waals surface area contributed by atoms with Gasteiger partial charge in [0, 0.05) is 10.9 Å². The minimum Gasteiger partial charge on any atom is -0.480 e. The monoisotopic (exact) mass is 293 g/mol. The van der Waals surface area contributed by atoms with Crippen molar-refractivity contribution in [2.75, 3.05) is 6.26 Å². The van der Waals surface area contributed by atoms with Gasteiger partial charge in [-0.15, -0.1) is 11.8 Å². The zero-order chi connectivity index (χ0) is 14.5. The number of nitrogens with one attached hydrogen (secondary N) is 1. The average molecular weight is 293 g/mol. The Labute approximate surface area is 125 Å². The number of thioether (sulfide) groups is 1. The molecule has 20 heavy (non-hydrogen) atoms. The highest BCUT2D eigenvalue weighted by Crippen LogP contribution is 2.27. The fourth-order valence-corrected chi connectivity index (χ4v) is 3.29. The minimum absolute atomic E-state index is 0.310. The van der Waals surface area contributed by atoms with E-state index in [9.17, 15) is 9.90 Å². The van der Waals surface area contributed by atoms with Crippen LogP contribution in [0.2, 0.25) is 0 Å². The second kappa shape index (κ2) is 7.14. The predicted molar refractivity (Wildman–Crippen MR) is 83.2 cm³/mol. The molecule has 1 aromatic carbocycles. The van der Waals surface area contributed by atoms with Gasteiger partial charge in [0.1, 0.15) is 6.04 Å². The number of carboxylic acids is 1. The molecule has 1 fully saturated rings. The molecule has 1 aliphatic rings. The van der Waals surface area contributed by atoms with Crippen LogP contribution < -0.4 is 5.32 Å². The standard InChI is InChI=1S/C16H23NO2S/c1-11-5-3-4-6-14(11)17-15(16(18)19)12-7-9-13(20-2)10-8-12/h7-11,14-15,17H,3-6H2,1-2H3,(H,18,19). The third-order valence-corrected chi connectivity index (χ3v) is 4.93. The molecule has 0 spiro atoms. The molecule has 110 valence electrons. The van der Waals surface area contributed by atoms with Gasteiger partial charge in [0.15, 0.2) is 0 Å². The van der Waals surface area contributed by atoms with Crippen LogP contribution >= 0.6 is 11.8 Å². The van der Waals surface area contributed by atoms with Crippen LogP contribution in [0.15, 0.2) is 29.2 Å². The molecule has 0 bridgehead atoms. The molecule has 0 heterocycles. The molecule has 4 heteroatoms. The molecule has 3 nitrogen and oxygen atoms in total. The molecule has 3 unspecified atom stereocenters. The van der Waals surface area contributed by atoms with Crippen molar-refractivity contribution in [3.05, 3.63) is 29.8 Å². The first-order valence-corrected chi connectivity index (χ1v) is 8.47. The van der Waals surface area contributed by atoms with Crippen molar-refractivity contribution in [2.24, 2.45) is 5.92 Å². The summed E-state index contributed by atoms with van der Waals surface area (Å²) in [5, 5.41) is 12.9. The van der Waals surface area contributed by atoms with E-state index in [1.807, 2.05) is 30.5 Å². The van der Waals surface area contributed by atoms with Crippen LogP contribution in [0, 0.1) is 5.92 Å². The highest BCUT2D eigenvalue weighted by molar-refractivity contribution is 7.98. The highest BCUT2D eigenvalue weighted by atomic mass is 32.2. The lowest BCUT2D eigenvalue weighted by atomic mass is 9.85. The van der Waals surface area contributed by atoms with Crippen molar-refractivity contribution >= 4 is 17.7 Å². The topological polar surface area (TPSA) is 49.3 Å². The second-order valence-electron chi connectivity index (χ2n) is 5.58. The van der Waals surface area contributed by atoms with Crippen molar-refractivity contribution in [1.82, 2.24) is 5.32 Å². The van der Waals surface area contributed by atoms with Crippen LogP contribution in [0.4, 0.5) is 0 Å². The molecule has 0 radical (unpaired) electrons. The number of carboxylic acid groups (broad SMARTS) is 1. The van der Waals surface area contributed by atoms with Crippen LogP contribution in [0.1, 0.15) is 44.2 Å². The summed E-state index contributed by atoms with van der Waals surface area (Å²) in [6.07, 6.45) is 6.74. The van der Waals surface area contributed by atoms with Crippen molar-refractivity contribution in [3.63, 3.8) is 0 Å². The van der Waals surface area contributed by atoms with Crippen molar-refractivity contribution in [3.8, 4) is 0 Å². The maximum absolute atomic E-state index is 11.6. The number of aliphatic carboxylic acids is 1. The van der Waals surface area contributed by atoms with Crippen molar-refractivity contribution in [1.29, 1.82) is 0 Å². The Bertz CT molecular complexity index is 446. The SMILES string of the molecule is CSc1ccc(C(NC2CCCCC2C)C(=O)O)cc1. The summed E-state index contributed by atoms with van der Waals surface area (Å²) < 4.78 is 0. The summed E-state index contributed by atoms with van der Waals surface area (Å²) in [6.45, 7) is 2.21. The summed E-state index contributed by atoms with van der Waals surface area (Å²) in [6, 6.07) is 7.53. The third-order valence-electron chi connectivity index (χ3n) is 4.19. The molecule has 1 aliphatic carbocycles. The van der Waals surface area contributed by atoms with Crippen LogP contribution in [0.3, 0.4) is 0 Å². The van der Waals surface area contributed by atoms with Gasteiger partial charge in [-0.2, -0.15) is 0 Å². The Morgan fingerprint density at radius 1 is 1.30 bits per heavy atom. The lowest BCUT2D eigenvalue weighted by molar-refractivity contribution is -0.140. The number of carbonyl (C=O) groups is 1. The Balaban J connectivity index is 2.11. The number of benzene rings is 1. The van der Waals surface area contributed by atoms with Gasteiger partial charge in [0.2, 0.25) is 0 Å². The normalized spacial score (nSPS) is 24.3. The van der Waals surface area contributed by atoms with Gasteiger partial charge in [-0.05, 0) is 42.7 Å². The van der Waals surface area contributed by atoms with Crippen molar-refractivity contribution < 1.29 is 9.90 Å². The molecule has 3 atom stereocenters. The molecular formula is C16H23NO2S. The quantitative estimate of drug-likeness (QED) is 0.813. The maximum atomic E-state index is 11.6. The lowest BCUT2D eigenvalue weighted by Crippen LogP contribution is -2.42. The first kappa shape index (κ1) is 15.4. The molecule has 1 saturated carbocycles. The van der Waals surface area contributed by atoms with E-state index in [1.165, 1.54) is 19.3 Å². The number of hydrogen-bond acceptors (Lipinski definition) is 3. The van der Waals surface area contributed by atoms with E-state index in [0.717, 1.165) is 16.9 Å². The van der Waals surface area contributed by atoms with Crippen LogP contribution in [0.25, 0.3) is 0 Å². The summed E-state index contributed by atoms with van der Waals surface area (Å²) in [4.78, 5) is 12.7. The first-order valence-electron chi connectivity index (χ1n) is 7.24. The summed E-state index contributed by atoms with van der Waals surface area (Å²) >= 11 is 1.67. The van der Waals surface area contributed by atoms with E-state index >= 15 is 0 Å². The predicted octanol–water partition coefficient (Wildman–Crippen LogP) is 3.70. The zero-order valence-electron chi connectivity index (χ0n) is 12.1. The zero-order valence-corrected chi connectivity index (χ0v) is 13.0. The molecule has 0 aromatic heterocycles. The molecule has 1 aromatic rings. The Morgan fingerprint density at radius 3 is 2.50 bits per heavy atom. The van der Waals surface area contributed by atoms with E-state index in [-0.39, 0.29) is 0 Å². The molecule has 0 aliphatic heterocycles. The minimum atomic E-state index is -0.792. The van der Waals surface area contributed by atoms with Crippen LogP contribution in [-0.2, 0) is 4.79 Å². The smallest absolute Gasteiger partial charge is 0.325 e. The van der Waals surface area contributed by atoms with Gasteiger partial charge in [-0.25, -0.2) is 0 Å². The van der Waals surface area contributed by atoms with Crippen LogP contribution in [0.5, 0.6) is 0 Å². The number of hydrogen-bond donors (Lipinski definition) is 2. The van der Waals surface area contributed by atoms with Gasteiger partial charge in [0.25, 0.3) is 0 Å². The van der Waals surface area contributed by atoms with Crippen molar-refractivity contribution in [2.45, 2.75) is 49.6 Å². The van der Waals surface area contributed by atoms with Gasteiger partial charge >= 0.3 is 5.97 Å². The van der Waals surface area contributed by atoms with Gasteiger partial charge < -0.3 is 5.11 Å². The molecule has 2 rings (SSSR count). The number of rotatable bonds is 5. The lowest BCUT2D eigenvalue weighted by Gasteiger charge is -2.32. The first-order chi connectivity index (χ1) is 9.61. The fraction of sp³-hybridized carbons (Fsp3) is 0.562. The van der Waals surface area contributed by atoms with Gasteiger partial charge in [0.05, 0.1) is 0 Å². The van der Waals surface area contributed by atoms with E-state index < -0.39 is 12.0 Å². The van der Waals surface area contributed by atoms with E-state index in [0.29, 0.717) is 12.0 Å². The molecule has 0 saturated heterocycles. The van der Waals surface area contributed by atoms with E-state index in [4.69, 9.17) is 0 Å². The van der Waals surface area contributed by atoms with E-state index in [1.54, 1.807) is 11.8 Å². The largest absolute Gasteiger partial charge is 0.480 e. The summed E-state index contributed by atoms with van der Waals surface area (Å²) in [5.41, 5.74) is 0.841. The van der Waals surface area contributed by atoms with Crippen LogP contribution in [-0.4, -0.2) is 23.4 Å². The van der Waals surface area contributed by atoms with Gasteiger partial charge in [-0.3, -0.25) is 10.1 Å². The fourth-order valence-electron chi connectivity index (χ4n) is 2.88. The Kier molecular flexibility index (Phi) is 5.49. The summed E-state index contributed by atoms with van der Waals surface area (Å²) in [5.74, 6) is -0.240. The molecule has 0 amide bonds. The average Bonchev–Trinajstić information content (AvgIpc) is 2.46. The Morgan fingerprint density at radius 2 is 1.95 bits per heavy atom. The van der Waals surface area contributed by atoms with E-state index in [2.05, 4.69) is 12.2 Å². The molecular weight excluding hydrogens is 270 g/mol. The maximum Gasteiger partial charge on any atom is 0.325 e. The second-order valence-corrected chi connectivity index (χ2v) is 6.46. The molecule has 2 N–H and O–H groups in total. The third kappa shape index (κ3) is 3.76. The highest BCUT2D eigenvalue weighted by Gasteiger charge is 2.28. The summed E-state index contributed by atoms with van der Waals surface area (Å²) in [7, 11) is 0. The van der Waals surface area contributed by atoms with Gasteiger partial charge in [-0.1, -0.05) is 31.9 Å². The Hall–Kier alpha value is -1.00.